The maximum Gasteiger partial charge on any atom is 0.244 e. The Morgan fingerprint density at radius 3 is 2.61 bits per heavy atom. The summed E-state index contributed by atoms with van der Waals surface area (Å²) in [6.45, 7) is 2.32. The SMILES string of the molecule is COc1cc2occ(-c3ccc(Cl)cc3)c2cc1/C(C)=C/C(=O)NCc1ccncc1. The molecule has 0 aliphatic heterocycles. The van der Waals surface area contributed by atoms with Gasteiger partial charge >= 0.3 is 0 Å². The number of furan rings is 1. The fourth-order valence-corrected chi connectivity index (χ4v) is 3.53. The summed E-state index contributed by atoms with van der Waals surface area (Å²) in [7, 11) is 1.60. The van der Waals surface area contributed by atoms with E-state index in [1.165, 1.54) is 0 Å². The maximum absolute atomic E-state index is 12.5. The van der Waals surface area contributed by atoms with Crippen LogP contribution in [0, 0.1) is 0 Å². The number of nitrogens with zero attached hydrogens (tertiary/aromatic N) is 1. The predicted octanol–water partition coefficient (Wildman–Crippen LogP) is 5.88. The zero-order chi connectivity index (χ0) is 21.8. The van der Waals surface area contributed by atoms with Gasteiger partial charge in [-0.1, -0.05) is 23.7 Å². The van der Waals surface area contributed by atoms with Crippen molar-refractivity contribution in [1.29, 1.82) is 0 Å². The van der Waals surface area contributed by atoms with Crippen LogP contribution in [0.1, 0.15) is 18.1 Å². The van der Waals surface area contributed by atoms with Crippen molar-refractivity contribution in [2.75, 3.05) is 7.11 Å². The number of carbonyl (C=O) groups excluding carboxylic acids is 1. The Balaban J connectivity index is 1.65. The van der Waals surface area contributed by atoms with Gasteiger partial charge in [-0.3, -0.25) is 9.78 Å². The van der Waals surface area contributed by atoms with E-state index in [1.807, 2.05) is 55.5 Å². The third kappa shape index (κ3) is 4.62. The normalized spacial score (nSPS) is 11.5. The highest BCUT2D eigenvalue weighted by molar-refractivity contribution is 6.30. The van der Waals surface area contributed by atoms with Crippen LogP contribution in [0.25, 0.3) is 27.7 Å². The number of methoxy groups -OCH3 is 1. The number of nitrogens with one attached hydrogen (secondary N) is 1. The third-order valence-electron chi connectivity index (χ3n) is 5.04. The molecule has 0 radical (unpaired) electrons. The number of pyridine rings is 1. The Labute approximate surface area is 185 Å². The van der Waals surface area contributed by atoms with Crippen LogP contribution in [-0.2, 0) is 11.3 Å². The third-order valence-corrected chi connectivity index (χ3v) is 5.29. The van der Waals surface area contributed by atoms with Crippen LogP contribution in [0.5, 0.6) is 5.75 Å². The number of rotatable bonds is 6. The first-order valence-electron chi connectivity index (χ1n) is 9.75. The number of fused-ring (bicyclic) bond motifs is 1. The molecule has 6 heteroatoms. The molecule has 2 heterocycles. The summed E-state index contributed by atoms with van der Waals surface area (Å²) in [5, 5.41) is 4.51. The summed E-state index contributed by atoms with van der Waals surface area (Å²) in [5.41, 5.74) is 5.25. The van der Waals surface area contributed by atoms with E-state index in [0.29, 0.717) is 22.9 Å². The molecule has 1 N–H and O–H groups in total. The topological polar surface area (TPSA) is 64.4 Å². The molecule has 4 aromatic rings. The monoisotopic (exact) mass is 432 g/mol. The van der Waals surface area contributed by atoms with Crippen molar-refractivity contribution >= 4 is 34.1 Å². The van der Waals surface area contributed by atoms with E-state index in [-0.39, 0.29) is 5.91 Å². The molecule has 0 unspecified atom stereocenters. The molecule has 0 bridgehead atoms. The van der Waals surface area contributed by atoms with Gasteiger partial charge in [-0.05, 0) is 54.0 Å². The molecular formula is C25H21ClN2O3. The molecule has 0 atom stereocenters. The largest absolute Gasteiger partial charge is 0.496 e. The van der Waals surface area contributed by atoms with Gasteiger partial charge in [0.15, 0.2) is 0 Å². The molecule has 5 nitrogen and oxygen atoms in total. The molecule has 0 aliphatic rings. The highest BCUT2D eigenvalue weighted by Crippen LogP contribution is 2.37. The fraction of sp³-hybridized carbons (Fsp3) is 0.120. The van der Waals surface area contributed by atoms with Gasteiger partial charge < -0.3 is 14.5 Å². The lowest BCUT2D eigenvalue weighted by atomic mass is 9.99. The number of benzene rings is 2. The second-order valence-electron chi connectivity index (χ2n) is 7.11. The Hall–Kier alpha value is -3.57. The van der Waals surface area contributed by atoms with Crippen molar-refractivity contribution < 1.29 is 13.9 Å². The van der Waals surface area contributed by atoms with E-state index in [4.69, 9.17) is 20.8 Å². The number of hydrogen-bond acceptors (Lipinski definition) is 4. The summed E-state index contributed by atoms with van der Waals surface area (Å²) in [5.74, 6) is 0.460. The average molecular weight is 433 g/mol. The van der Waals surface area contributed by atoms with Gasteiger partial charge in [0.1, 0.15) is 11.3 Å². The zero-order valence-corrected chi connectivity index (χ0v) is 17.9. The summed E-state index contributed by atoms with van der Waals surface area (Å²) < 4.78 is 11.3. The van der Waals surface area contributed by atoms with Gasteiger partial charge in [0.2, 0.25) is 5.91 Å². The second-order valence-corrected chi connectivity index (χ2v) is 7.54. The number of aromatic nitrogens is 1. The Morgan fingerprint density at radius 2 is 1.90 bits per heavy atom. The van der Waals surface area contributed by atoms with Gasteiger partial charge in [0.05, 0.1) is 13.4 Å². The van der Waals surface area contributed by atoms with Crippen LogP contribution in [-0.4, -0.2) is 18.0 Å². The molecule has 0 fully saturated rings. The lowest BCUT2D eigenvalue weighted by molar-refractivity contribution is -0.116. The quantitative estimate of drug-likeness (QED) is 0.386. The molecule has 4 rings (SSSR count). The Morgan fingerprint density at radius 1 is 1.16 bits per heavy atom. The summed E-state index contributed by atoms with van der Waals surface area (Å²) >= 11 is 6.02. The molecule has 0 spiro atoms. The van der Waals surface area contributed by atoms with E-state index in [9.17, 15) is 4.79 Å². The first-order valence-corrected chi connectivity index (χ1v) is 10.1. The minimum atomic E-state index is -0.179. The number of amides is 1. The molecule has 0 saturated heterocycles. The molecule has 0 saturated carbocycles. The van der Waals surface area contributed by atoms with E-state index in [2.05, 4.69) is 10.3 Å². The van der Waals surface area contributed by atoms with Crippen LogP contribution >= 0.6 is 11.6 Å². The lowest BCUT2D eigenvalue weighted by Gasteiger charge is -2.10. The molecule has 156 valence electrons. The van der Waals surface area contributed by atoms with Crippen LogP contribution in [0.4, 0.5) is 0 Å². The van der Waals surface area contributed by atoms with E-state index >= 15 is 0 Å². The molecule has 2 aromatic heterocycles. The number of ether oxygens (including phenoxy) is 1. The number of allylic oxidation sites excluding steroid dienone is 1. The van der Waals surface area contributed by atoms with Crippen LogP contribution < -0.4 is 10.1 Å². The summed E-state index contributed by atoms with van der Waals surface area (Å²) in [4.78, 5) is 16.4. The van der Waals surface area contributed by atoms with Crippen molar-refractivity contribution in [2.45, 2.75) is 13.5 Å². The molecule has 31 heavy (non-hydrogen) atoms. The molecule has 0 aliphatic carbocycles. The second kappa shape index (κ2) is 9.06. The summed E-state index contributed by atoms with van der Waals surface area (Å²) in [6.07, 6.45) is 6.70. The standard InChI is InChI=1S/C25H21ClN2O3/c1-16(11-25(29)28-14-17-7-9-27-10-8-17)20-12-21-22(18-3-5-19(26)6-4-18)15-31-24(21)13-23(20)30-2/h3-13,15H,14H2,1-2H3,(H,28,29)/b16-11+. The van der Waals surface area contributed by atoms with Crippen LogP contribution in [0.15, 0.2) is 77.7 Å². The van der Waals surface area contributed by atoms with Crippen molar-refractivity contribution in [3.8, 4) is 16.9 Å². The highest BCUT2D eigenvalue weighted by atomic mass is 35.5. The number of carbonyl (C=O) groups is 1. The molecular weight excluding hydrogens is 412 g/mol. The highest BCUT2D eigenvalue weighted by Gasteiger charge is 2.15. The fourth-order valence-electron chi connectivity index (χ4n) is 3.40. The van der Waals surface area contributed by atoms with Gasteiger partial charge in [0.25, 0.3) is 0 Å². The average Bonchev–Trinajstić information content (AvgIpc) is 3.21. The zero-order valence-electron chi connectivity index (χ0n) is 17.2. The van der Waals surface area contributed by atoms with Gasteiger partial charge in [-0.15, -0.1) is 0 Å². The molecule has 1 amide bonds. The van der Waals surface area contributed by atoms with E-state index < -0.39 is 0 Å². The van der Waals surface area contributed by atoms with Crippen LogP contribution in [0.2, 0.25) is 5.02 Å². The maximum atomic E-state index is 12.5. The van der Waals surface area contributed by atoms with Crippen molar-refractivity contribution in [3.05, 3.63) is 89.4 Å². The summed E-state index contributed by atoms with van der Waals surface area (Å²) in [6, 6.07) is 15.2. The smallest absolute Gasteiger partial charge is 0.244 e. The van der Waals surface area contributed by atoms with Crippen LogP contribution in [0.3, 0.4) is 0 Å². The minimum Gasteiger partial charge on any atom is -0.496 e. The molecule has 2 aromatic carbocycles. The Bertz CT molecular complexity index is 1250. The Kier molecular flexibility index (Phi) is 6.05. The minimum absolute atomic E-state index is 0.179. The lowest BCUT2D eigenvalue weighted by Crippen LogP contribution is -2.20. The number of hydrogen-bond donors (Lipinski definition) is 1. The van der Waals surface area contributed by atoms with Crippen molar-refractivity contribution in [1.82, 2.24) is 10.3 Å². The first kappa shape index (κ1) is 20.7. The van der Waals surface area contributed by atoms with E-state index in [1.54, 1.807) is 31.8 Å². The van der Waals surface area contributed by atoms with Gasteiger partial charge in [-0.2, -0.15) is 0 Å². The first-order chi connectivity index (χ1) is 15.0. The van der Waals surface area contributed by atoms with Crippen molar-refractivity contribution in [2.24, 2.45) is 0 Å². The predicted molar refractivity (Wildman–Crippen MR) is 123 cm³/mol. The number of halogens is 1. The van der Waals surface area contributed by atoms with Crippen molar-refractivity contribution in [3.63, 3.8) is 0 Å². The van der Waals surface area contributed by atoms with Gasteiger partial charge in [0, 0.05) is 52.6 Å². The van der Waals surface area contributed by atoms with Gasteiger partial charge in [-0.25, -0.2) is 0 Å². The van der Waals surface area contributed by atoms with E-state index in [0.717, 1.165) is 33.2 Å².